The molecule has 1 heterocycles. The van der Waals surface area contributed by atoms with E-state index in [1.54, 1.807) is 14.0 Å². The molecule has 0 atom stereocenters. The predicted octanol–water partition coefficient (Wildman–Crippen LogP) is 0.231. The van der Waals surface area contributed by atoms with Crippen LogP contribution in [0.4, 0.5) is 0 Å². The third-order valence-corrected chi connectivity index (χ3v) is 3.51. The molecule has 0 aliphatic carbocycles. The van der Waals surface area contributed by atoms with Gasteiger partial charge in [0.1, 0.15) is 4.90 Å². The van der Waals surface area contributed by atoms with E-state index in [9.17, 15) is 8.42 Å². The molecule has 0 amide bonds. The maximum atomic E-state index is 11.6. The van der Waals surface area contributed by atoms with Crippen LogP contribution in [0.3, 0.4) is 0 Å². The van der Waals surface area contributed by atoms with Crippen molar-refractivity contribution in [1.29, 1.82) is 0 Å². The number of nitrogens with zero attached hydrogens (tertiary/aromatic N) is 2. The maximum Gasteiger partial charge on any atom is 0.243 e. The van der Waals surface area contributed by atoms with E-state index < -0.39 is 10.0 Å². The molecule has 5 nitrogen and oxygen atoms in total. The lowest BCUT2D eigenvalue weighted by Crippen LogP contribution is -2.24. The van der Waals surface area contributed by atoms with Crippen molar-refractivity contribution in [3.8, 4) is 0 Å². The zero-order valence-electron chi connectivity index (χ0n) is 8.32. The summed E-state index contributed by atoms with van der Waals surface area (Å²) in [7, 11) is -1.70. The Hall–Kier alpha value is -0.880. The summed E-state index contributed by atoms with van der Waals surface area (Å²) < 4.78 is 27.2. The Morgan fingerprint density at radius 2 is 2.29 bits per heavy atom. The third-order valence-electron chi connectivity index (χ3n) is 1.95. The summed E-state index contributed by atoms with van der Waals surface area (Å²) in [5.41, 5.74) is 0.626. The number of aromatic nitrogens is 2. The van der Waals surface area contributed by atoms with Gasteiger partial charge in [-0.15, -0.1) is 0 Å². The Labute approximate surface area is 84.2 Å². The molecule has 0 aromatic carbocycles. The topological polar surface area (TPSA) is 64.0 Å². The largest absolute Gasteiger partial charge is 0.272 e. The maximum absolute atomic E-state index is 11.6. The van der Waals surface area contributed by atoms with Crippen molar-refractivity contribution < 1.29 is 8.42 Å². The molecular formula is C8H14N3O2S. The molecule has 1 radical (unpaired) electrons. The SMILES string of the molecule is [CH2]CCNS(=O)(=O)c1cnn(C)c1C. The van der Waals surface area contributed by atoms with Crippen molar-refractivity contribution in [3.63, 3.8) is 0 Å². The molecule has 14 heavy (non-hydrogen) atoms. The third kappa shape index (κ3) is 2.13. The fourth-order valence-corrected chi connectivity index (χ4v) is 2.30. The number of sulfonamides is 1. The number of nitrogens with one attached hydrogen (secondary N) is 1. The molecule has 0 aliphatic heterocycles. The molecule has 0 aliphatic rings. The van der Waals surface area contributed by atoms with Crippen LogP contribution in [0.1, 0.15) is 12.1 Å². The minimum atomic E-state index is -3.41. The lowest BCUT2D eigenvalue weighted by atomic mass is 10.5. The van der Waals surface area contributed by atoms with Gasteiger partial charge in [-0.1, -0.05) is 6.92 Å². The first-order valence-corrected chi connectivity index (χ1v) is 5.75. The molecule has 0 saturated heterocycles. The summed E-state index contributed by atoms with van der Waals surface area (Å²) in [6.45, 7) is 5.62. The van der Waals surface area contributed by atoms with Gasteiger partial charge in [0.15, 0.2) is 0 Å². The lowest BCUT2D eigenvalue weighted by molar-refractivity contribution is 0.581. The normalized spacial score (nSPS) is 11.9. The van der Waals surface area contributed by atoms with Gasteiger partial charge in [0.2, 0.25) is 10.0 Å². The van der Waals surface area contributed by atoms with E-state index in [4.69, 9.17) is 0 Å². The lowest BCUT2D eigenvalue weighted by Gasteiger charge is -2.04. The molecule has 0 fully saturated rings. The first-order chi connectivity index (χ1) is 6.49. The monoisotopic (exact) mass is 216 g/mol. The van der Waals surface area contributed by atoms with Crippen LogP contribution >= 0.6 is 0 Å². The van der Waals surface area contributed by atoms with Crippen LogP contribution < -0.4 is 4.72 Å². The number of hydrogen-bond acceptors (Lipinski definition) is 3. The predicted molar refractivity (Wildman–Crippen MR) is 53.1 cm³/mol. The summed E-state index contributed by atoms with van der Waals surface area (Å²) in [4.78, 5) is 0.230. The smallest absolute Gasteiger partial charge is 0.243 e. The molecular weight excluding hydrogens is 202 g/mol. The summed E-state index contributed by atoms with van der Waals surface area (Å²) in [6, 6.07) is 0. The van der Waals surface area contributed by atoms with Crippen LogP contribution in [0.25, 0.3) is 0 Å². The van der Waals surface area contributed by atoms with Gasteiger partial charge in [-0.25, -0.2) is 13.1 Å². The van der Waals surface area contributed by atoms with E-state index in [2.05, 4.69) is 16.7 Å². The van der Waals surface area contributed by atoms with Crippen molar-refractivity contribution in [1.82, 2.24) is 14.5 Å². The van der Waals surface area contributed by atoms with Crippen molar-refractivity contribution >= 4 is 10.0 Å². The summed E-state index contributed by atoms with van der Waals surface area (Å²) in [5, 5.41) is 3.87. The molecule has 0 saturated carbocycles. The van der Waals surface area contributed by atoms with Gasteiger partial charge in [0, 0.05) is 13.6 Å². The van der Waals surface area contributed by atoms with Crippen LogP contribution in [-0.4, -0.2) is 24.7 Å². The quantitative estimate of drug-likeness (QED) is 0.783. The Bertz CT molecular complexity index is 408. The number of hydrogen-bond donors (Lipinski definition) is 1. The highest BCUT2D eigenvalue weighted by Gasteiger charge is 2.18. The fourth-order valence-electron chi connectivity index (χ4n) is 1.03. The minimum absolute atomic E-state index is 0.230. The molecule has 6 heteroatoms. The van der Waals surface area contributed by atoms with Gasteiger partial charge in [0.05, 0.1) is 11.9 Å². The van der Waals surface area contributed by atoms with E-state index in [1.807, 2.05) is 0 Å². The van der Waals surface area contributed by atoms with Crippen LogP contribution in [0.5, 0.6) is 0 Å². The Kier molecular flexibility index (Phi) is 3.28. The van der Waals surface area contributed by atoms with Crippen molar-refractivity contribution in [2.45, 2.75) is 18.2 Å². The molecule has 1 N–H and O–H groups in total. The molecule has 0 spiro atoms. The Balaban J connectivity index is 2.99. The Morgan fingerprint density at radius 1 is 1.64 bits per heavy atom. The zero-order valence-corrected chi connectivity index (χ0v) is 9.13. The summed E-state index contributed by atoms with van der Waals surface area (Å²) in [6.07, 6.45) is 1.87. The molecule has 0 unspecified atom stereocenters. The second kappa shape index (κ2) is 4.10. The standard InChI is InChI=1S/C8H14N3O2S/c1-4-5-10-14(12,13)8-6-9-11(3)7(8)2/h6,10H,1,4-5H2,2-3H3. The van der Waals surface area contributed by atoms with Crippen molar-refractivity contribution in [2.75, 3.05) is 6.54 Å². The highest BCUT2D eigenvalue weighted by Crippen LogP contribution is 2.12. The van der Waals surface area contributed by atoms with Crippen LogP contribution in [0.2, 0.25) is 0 Å². The van der Waals surface area contributed by atoms with Crippen molar-refractivity contribution in [2.24, 2.45) is 7.05 Å². The van der Waals surface area contributed by atoms with Crippen LogP contribution in [0, 0.1) is 13.8 Å². The minimum Gasteiger partial charge on any atom is -0.272 e. The molecule has 1 aromatic rings. The van der Waals surface area contributed by atoms with Gasteiger partial charge in [-0.2, -0.15) is 5.10 Å². The highest BCUT2D eigenvalue weighted by atomic mass is 32.2. The van der Waals surface area contributed by atoms with Crippen LogP contribution in [0.15, 0.2) is 11.1 Å². The van der Waals surface area contributed by atoms with Crippen LogP contribution in [-0.2, 0) is 17.1 Å². The molecule has 1 rings (SSSR count). The van der Waals surface area contributed by atoms with Gasteiger partial charge in [-0.05, 0) is 13.3 Å². The summed E-state index contributed by atoms with van der Waals surface area (Å²) >= 11 is 0. The Morgan fingerprint density at radius 3 is 2.71 bits per heavy atom. The van der Waals surface area contributed by atoms with Gasteiger partial charge >= 0.3 is 0 Å². The fraction of sp³-hybridized carbons (Fsp3) is 0.500. The average Bonchev–Trinajstić information content (AvgIpc) is 2.45. The molecule has 0 bridgehead atoms. The molecule has 1 aromatic heterocycles. The van der Waals surface area contributed by atoms with Gasteiger partial charge < -0.3 is 0 Å². The molecule has 79 valence electrons. The second-order valence-electron chi connectivity index (χ2n) is 2.97. The zero-order chi connectivity index (χ0) is 10.8. The highest BCUT2D eigenvalue weighted by molar-refractivity contribution is 7.89. The van der Waals surface area contributed by atoms with Gasteiger partial charge in [0.25, 0.3) is 0 Å². The van der Waals surface area contributed by atoms with E-state index >= 15 is 0 Å². The van der Waals surface area contributed by atoms with E-state index in [-0.39, 0.29) is 4.90 Å². The first kappa shape index (κ1) is 11.2. The number of aryl methyl sites for hydroxylation is 1. The van der Waals surface area contributed by atoms with E-state index in [0.717, 1.165) is 0 Å². The average molecular weight is 216 g/mol. The first-order valence-electron chi connectivity index (χ1n) is 4.26. The number of rotatable bonds is 4. The van der Waals surface area contributed by atoms with Gasteiger partial charge in [-0.3, -0.25) is 4.68 Å². The summed E-state index contributed by atoms with van der Waals surface area (Å²) in [5.74, 6) is 0. The van der Waals surface area contributed by atoms with E-state index in [1.165, 1.54) is 10.9 Å². The van der Waals surface area contributed by atoms with Crippen molar-refractivity contribution in [3.05, 3.63) is 18.8 Å². The van der Waals surface area contributed by atoms with E-state index in [0.29, 0.717) is 18.7 Å². The second-order valence-corrected chi connectivity index (χ2v) is 4.70.